The summed E-state index contributed by atoms with van der Waals surface area (Å²) in [6.45, 7) is 4.16. The number of benzene rings is 2. The molecule has 1 aromatic heterocycles. The van der Waals surface area contributed by atoms with Gasteiger partial charge in [0.05, 0.1) is 12.3 Å². The number of nitrogens with one attached hydrogen (secondary N) is 1. The number of anilines is 2. The summed E-state index contributed by atoms with van der Waals surface area (Å²) < 4.78 is 5.44. The Morgan fingerprint density at radius 2 is 1.73 bits per heavy atom. The molecule has 6 nitrogen and oxygen atoms in total. The molecule has 2 aromatic carbocycles. The van der Waals surface area contributed by atoms with Crippen molar-refractivity contribution in [3.8, 4) is 17.0 Å². The van der Waals surface area contributed by atoms with E-state index in [0.29, 0.717) is 6.61 Å². The summed E-state index contributed by atoms with van der Waals surface area (Å²) in [5.74, 6) is 1.75. The normalized spacial score (nSPS) is 14.4. The molecule has 2 heterocycles. The highest BCUT2D eigenvalue weighted by molar-refractivity contribution is 5.92. The molecule has 1 saturated heterocycles. The van der Waals surface area contributed by atoms with E-state index < -0.39 is 0 Å². The van der Waals surface area contributed by atoms with Gasteiger partial charge in [0.1, 0.15) is 5.75 Å². The second-order valence-electron chi connectivity index (χ2n) is 7.35. The molecule has 154 valence electrons. The van der Waals surface area contributed by atoms with Crippen LogP contribution in [-0.2, 0) is 4.79 Å². The fraction of sp³-hybridized carbons (Fsp3) is 0.292. The topological polar surface area (TPSA) is 67.3 Å². The molecule has 1 amide bonds. The fourth-order valence-corrected chi connectivity index (χ4v) is 3.67. The molecule has 0 aliphatic carbocycles. The highest BCUT2D eigenvalue weighted by Gasteiger charge is 2.26. The van der Waals surface area contributed by atoms with Crippen molar-refractivity contribution in [2.24, 2.45) is 5.92 Å². The van der Waals surface area contributed by atoms with E-state index in [1.165, 1.54) is 0 Å². The summed E-state index contributed by atoms with van der Waals surface area (Å²) in [6.07, 6.45) is 1.59. The third kappa shape index (κ3) is 4.76. The Kier molecular flexibility index (Phi) is 6.23. The molecule has 0 atom stereocenters. The molecule has 1 N–H and O–H groups in total. The summed E-state index contributed by atoms with van der Waals surface area (Å²) in [7, 11) is 0. The zero-order valence-electron chi connectivity index (χ0n) is 17.1. The van der Waals surface area contributed by atoms with Crippen LogP contribution in [-0.4, -0.2) is 35.8 Å². The van der Waals surface area contributed by atoms with E-state index in [-0.39, 0.29) is 11.8 Å². The van der Waals surface area contributed by atoms with Gasteiger partial charge in [-0.1, -0.05) is 30.3 Å². The van der Waals surface area contributed by atoms with E-state index in [1.54, 1.807) is 0 Å². The Hall–Kier alpha value is -3.41. The number of ether oxygens (including phenoxy) is 1. The van der Waals surface area contributed by atoms with Crippen LogP contribution in [0.1, 0.15) is 19.8 Å². The van der Waals surface area contributed by atoms with E-state index in [2.05, 4.69) is 20.4 Å². The molecule has 6 heteroatoms. The molecule has 1 fully saturated rings. The Labute approximate surface area is 176 Å². The molecule has 0 radical (unpaired) electrons. The van der Waals surface area contributed by atoms with Crippen molar-refractivity contribution in [2.45, 2.75) is 19.8 Å². The lowest BCUT2D eigenvalue weighted by Crippen LogP contribution is -2.38. The molecular formula is C24H26N4O2. The Bertz CT molecular complexity index is 951. The maximum absolute atomic E-state index is 12.6. The van der Waals surface area contributed by atoms with Crippen LogP contribution in [0.5, 0.6) is 5.75 Å². The van der Waals surface area contributed by atoms with Crippen LogP contribution in [0, 0.1) is 5.92 Å². The van der Waals surface area contributed by atoms with E-state index in [1.807, 2.05) is 73.7 Å². The standard InChI is InChI=1S/C24H26N4O2/c1-2-30-21-10-8-20(9-11-21)25-24(29)19-14-16-28(17-15-19)23-13-12-22(26-27-23)18-6-4-3-5-7-18/h3-13,19H,2,14-17H2,1H3,(H,25,29). The number of hydrogen-bond acceptors (Lipinski definition) is 5. The first-order valence-electron chi connectivity index (χ1n) is 10.4. The van der Waals surface area contributed by atoms with E-state index >= 15 is 0 Å². The first kappa shape index (κ1) is 19.9. The number of rotatable bonds is 6. The van der Waals surface area contributed by atoms with Crippen LogP contribution in [0.15, 0.2) is 66.7 Å². The minimum Gasteiger partial charge on any atom is -0.494 e. The monoisotopic (exact) mass is 402 g/mol. The molecule has 1 aliphatic heterocycles. The van der Waals surface area contributed by atoms with E-state index in [0.717, 1.165) is 54.4 Å². The molecule has 4 rings (SSSR count). The van der Waals surface area contributed by atoms with Gasteiger partial charge in [0.15, 0.2) is 5.82 Å². The average Bonchev–Trinajstić information content (AvgIpc) is 2.81. The van der Waals surface area contributed by atoms with Gasteiger partial charge in [-0.25, -0.2) is 0 Å². The minimum absolute atomic E-state index is 0.00405. The summed E-state index contributed by atoms with van der Waals surface area (Å²) >= 11 is 0. The van der Waals surface area contributed by atoms with E-state index in [4.69, 9.17) is 4.74 Å². The number of carbonyl (C=O) groups is 1. The zero-order chi connectivity index (χ0) is 20.8. The number of carbonyl (C=O) groups excluding carboxylic acids is 1. The quantitative estimate of drug-likeness (QED) is 0.662. The first-order valence-corrected chi connectivity index (χ1v) is 10.4. The summed E-state index contributed by atoms with van der Waals surface area (Å²) in [4.78, 5) is 14.8. The number of amides is 1. The maximum Gasteiger partial charge on any atom is 0.227 e. The Balaban J connectivity index is 1.30. The molecule has 0 unspecified atom stereocenters. The number of piperidine rings is 1. The molecule has 30 heavy (non-hydrogen) atoms. The molecular weight excluding hydrogens is 376 g/mol. The average molecular weight is 402 g/mol. The Morgan fingerprint density at radius 1 is 1.00 bits per heavy atom. The van der Waals surface area contributed by atoms with Crippen molar-refractivity contribution in [3.63, 3.8) is 0 Å². The molecule has 0 saturated carbocycles. The highest BCUT2D eigenvalue weighted by atomic mass is 16.5. The van der Waals surface area contributed by atoms with Gasteiger partial charge in [0.2, 0.25) is 5.91 Å². The highest BCUT2D eigenvalue weighted by Crippen LogP contribution is 2.25. The summed E-state index contributed by atoms with van der Waals surface area (Å²) in [5.41, 5.74) is 2.72. The largest absolute Gasteiger partial charge is 0.494 e. The predicted octanol–water partition coefficient (Wildman–Crippen LogP) is 4.40. The number of hydrogen-bond donors (Lipinski definition) is 1. The van der Waals surface area contributed by atoms with Gasteiger partial charge in [-0.2, -0.15) is 0 Å². The van der Waals surface area contributed by atoms with Crippen molar-refractivity contribution in [2.75, 3.05) is 29.9 Å². The molecule has 1 aliphatic rings. The van der Waals surface area contributed by atoms with E-state index in [9.17, 15) is 4.79 Å². The minimum atomic E-state index is 0.00405. The third-order valence-electron chi connectivity index (χ3n) is 5.34. The molecule has 3 aromatic rings. The summed E-state index contributed by atoms with van der Waals surface area (Å²) in [5, 5.41) is 11.8. The number of nitrogens with zero attached hydrogens (tertiary/aromatic N) is 3. The lowest BCUT2D eigenvalue weighted by molar-refractivity contribution is -0.120. The smallest absolute Gasteiger partial charge is 0.227 e. The van der Waals surface area contributed by atoms with Gasteiger partial charge in [-0.3, -0.25) is 4.79 Å². The van der Waals surface area contributed by atoms with Gasteiger partial charge in [-0.15, -0.1) is 10.2 Å². The van der Waals surface area contributed by atoms with Gasteiger partial charge in [0.25, 0.3) is 0 Å². The SMILES string of the molecule is CCOc1ccc(NC(=O)C2CCN(c3ccc(-c4ccccc4)nn3)CC2)cc1. The molecule has 0 bridgehead atoms. The third-order valence-corrected chi connectivity index (χ3v) is 5.34. The van der Waals surface area contributed by atoms with Crippen LogP contribution in [0.4, 0.5) is 11.5 Å². The molecule has 0 spiro atoms. The second-order valence-corrected chi connectivity index (χ2v) is 7.35. The Morgan fingerprint density at radius 3 is 2.37 bits per heavy atom. The van der Waals surface area contributed by atoms with Crippen molar-refractivity contribution < 1.29 is 9.53 Å². The van der Waals surface area contributed by atoms with Gasteiger partial charge < -0.3 is 15.0 Å². The summed E-state index contributed by atoms with van der Waals surface area (Å²) in [6, 6.07) is 21.5. The predicted molar refractivity (Wildman–Crippen MR) is 119 cm³/mol. The van der Waals surface area contributed by atoms with Crippen molar-refractivity contribution in [1.82, 2.24) is 10.2 Å². The van der Waals surface area contributed by atoms with Crippen molar-refractivity contribution in [1.29, 1.82) is 0 Å². The zero-order valence-corrected chi connectivity index (χ0v) is 17.1. The van der Waals surface area contributed by atoms with Crippen LogP contribution < -0.4 is 15.0 Å². The van der Waals surface area contributed by atoms with Gasteiger partial charge in [0, 0.05) is 30.3 Å². The van der Waals surface area contributed by atoms with Crippen molar-refractivity contribution in [3.05, 3.63) is 66.7 Å². The van der Waals surface area contributed by atoms with Gasteiger partial charge in [-0.05, 0) is 56.2 Å². The number of aromatic nitrogens is 2. The lowest BCUT2D eigenvalue weighted by Gasteiger charge is -2.31. The van der Waals surface area contributed by atoms with Gasteiger partial charge >= 0.3 is 0 Å². The fourth-order valence-electron chi connectivity index (χ4n) is 3.67. The van der Waals surface area contributed by atoms with Crippen LogP contribution in [0.25, 0.3) is 11.3 Å². The first-order chi connectivity index (χ1) is 14.7. The van der Waals surface area contributed by atoms with Crippen LogP contribution >= 0.6 is 0 Å². The van der Waals surface area contributed by atoms with Crippen LogP contribution in [0.2, 0.25) is 0 Å². The second kappa shape index (κ2) is 9.39. The van der Waals surface area contributed by atoms with Crippen molar-refractivity contribution >= 4 is 17.4 Å². The van der Waals surface area contributed by atoms with Crippen LogP contribution in [0.3, 0.4) is 0 Å². The maximum atomic E-state index is 12.6. The lowest BCUT2D eigenvalue weighted by atomic mass is 9.95.